The maximum absolute atomic E-state index is 12.2. The van der Waals surface area contributed by atoms with Gasteiger partial charge in [0.15, 0.2) is 0 Å². The minimum absolute atomic E-state index is 0.121. The van der Waals surface area contributed by atoms with Crippen LogP contribution in [0.5, 0.6) is 0 Å². The van der Waals surface area contributed by atoms with E-state index in [0.29, 0.717) is 5.56 Å². The van der Waals surface area contributed by atoms with Crippen LogP contribution in [-0.4, -0.2) is 49.9 Å². The first-order valence-corrected chi connectivity index (χ1v) is 9.43. The van der Waals surface area contributed by atoms with Gasteiger partial charge in [-0.05, 0) is 41.8 Å². The molecule has 0 radical (unpaired) electrons. The van der Waals surface area contributed by atoms with Gasteiger partial charge in [-0.1, -0.05) is 36.4 Å². The summed E-state index contributed by atoms with van der Waals surface area (Å²) in [5, 5.41) is 14.5. The summed E-state index contributed by atoms with van der Waals surface area (Å²) in [6.07, 6.45) is 0.977. The molecule has 0 aliphatic rings. The van der Waals surface area contributed by atoms with Crippen molar-refractivity contribution in [3.05, 3.63) is 59.7 Å². The average molecular weight is 400 g/mol. The summed E-state index contributed by atoms with van der Waals surface area (Å²) in [6, 6.07) is 14.3. The summed E-state index contributed by atoms with van der Waals surface area (Å²) in [6.45, 7) is 2.34. The Labute approximate surface area is 170 Å². The highest BCUT2D eigenvalue weighted by Crippen LogP contribution is 2.20. The van der Waals surface area contributed by atoms with E-state index in [1.54, 1.807) is 19.2 Å². The van der Waals surface area contributed by atoms with Crippen molar-refractivity contribution in [2.24, 2.45) is 5.73 Å². The number of hydroxylamine groups is 1. The Morgan fingerprint density at radius 1 is 1.07 bits per heavy atom. The van der Waals surface area contributed by atoms with Crippen LogP contribution in [0.4, 0.5) is 0 Å². The predicted molar refractivity (Wildman–Crippen MR) is 110 cm³/mol. The first-order valence-electron chi connectivity index (χ1n) is 9.43. The predicted octanol–water partition coefficient (Wildman–Crippen LogP) is 1.04. The first kappa shape index (κ1) is 22.5. The van der Waals surface area contributed by atoms with Crippen molar-refractivity contribution in [1.29, 1.82) is 0 Å². The molecule has 2 aromatic rings. The molecule has 0 heterocycles. The van der Waals surface area contributed by atoms with Crippen molar-refractivity contribution >= 4 is 11.8 Å². The van der Waals surface area contributed by atoms with Crippen LogP contribution in [0.2, 0.25) is 0 Å². The highest BCUT2D eigenvalue weighted by molar-refractivity contribution is 5.97. The maximum atomic E-state index is 12.2. The molecule has 2 rings (SSSR count). The fraction of sp³-hybridized carbons (Fsp3) is 0.333. The number of nitrogens with one attached hydrogen (secondary N) is 3. The Kier molecular flexibility index (Phi) is 9.26. The van der Waals surface area contributed by atoms with Gasteiger partial charge in [-0.25, -0.2) is 5.48 Å². The number of nitrogens with two attached hydrogens (primary N) is 1. The zero-order valence-electron chi connectivity index (χ0n) is 16.5. The van der Waals surface area contributed by atoms with Gasteiger partial charge in [0.2, 0.25) is 0 Å². The lowest BCUT2D eigenvalue weighted by atomic mass is 10.0. The molecular weight excluding hydrogens is 372 g/mol. The molecule has 8 heteroatoms. The molecule has 0 spiro atoms. The summed E-state index contributed by atoms with van der Waals surface area (Å²) in [5.74, 6) is -1.20. The quantitative estimate of drug-likeness (QED) is 0.218. The first-order chi connectivity index (χ1) is 14.1. The topological polar surface area (TPSA) is 126 Å². The van der Waals surface area contributed by atoms with Gasteiger partial charge < -0.3 is 21.1 Å². The van der Waals surface area contributed by atoms with E-state index in [4.69, 9.17) is 15.7 Å². The van der Waals surface area contributed by atoms with Crippen molar-refractivity contribution in [2.75, 3.05) is 26.8 Å². The zero-order chi connectivity index (χ0) is 21.1. The number of benzene rings is 2. The number of ether oxygens (including phenoxy) is 1. The van der Waals surface area contributed by atoms with Gasteiger partial charge in [0.25, 0.3) is 11.8 Å². The van der Waals surface area contributed by atoms with E-state index in [2.05, 4.69) is 22.8 Å². The molecule has 6 N–H and O–H groups in total. The van der Waals surface area contributed by atoms with Crippen LogP contribution in [0.15, 0.2) is 48.5 Å². The Balaban J connectivity index is 1.93. The molecule has 1 atom stereocenters. The summed E-state index contributed by atoms with van der Waals surface area (Å²) in [4.78, 5) is 23.7. The van der Waals surface area contributed by atoms with Crippen molar-refractivity contribution in [2.45, 2.75) is 19.0 Å². The monoisotopic (exact) mass is 400 g/mol. The SMILES string of the molecule is COCCCNCc1ccc(-c2ccc(C(=O)N[C@@H](CN)C(=O)NO)cc2)cc1. The van der Waals surface area contributed by atoms with Gasteiger partial charge in [0.1, 0.15) is 6.04 Å². The van der Waals surface area contributed by atoms with Gasteiger partial charge in [-0.15, -0.1) is 0 Å². The zero-order valence-corrected chi connectivity index (χ0v) is 16.5. The molecule has 0 unspecified atom stereocenters. The molecule has 2 amide bonds. The molecule has 0 saturated carbocycles. The number of amides is 2. The van der Waals surface area contributed by atoms with Crippen LogP contribution >= 0.6 is 0 Å². The minimum atomic E-state index is -0.997. The molecule has 156 valence electrons. The number of hydrogen-bond acceptors (Lipinski definition) is 6. The summed E-state index contributed by atoms with van der Waals surface area (Å²) in [7, 11) is 1.70. The third-order valence-electron chi connectivity index (χ3n) is 4.43. The lowest BCUT2D eigenvalue weighted by Gasteiger charge is -2.14. The highest BCUT2D eigenvalue weighted by atomic mass is 16.5. The molecule has 0 aliphatic heterocycles. The van der Waals surface area contributed by atoms with Crippen LogP contribution in [-0.2, 0) is 16.1 Å². The van der Waals surface area contributed by atoms with Crippen LogP contribution in [0.1, 0.15) is 22.3 Å². The van der Waals surface area contributed by atoms with E-state index in [1.165, 1.54) is 11.0 Å². The summed E-state index contributed by atoms with van der Waals surface area (Å²) >= 11 is 0. The van der Waals surface area contributed by atoms with Crippen LogP contribution in [0, 0.1) is 0 Å². The fourth-order valence-corrected chi connectivity index (χ4v) is 2.75. The molecule has 8 nitrogen and oxygen atoms in total. The van der Waals surface area contributed by atoms with E-state index in [-0.39, 0.29) is 6.54 Å². The van der Waals surface area contributed by atoms with Gasteiger partial charge in [-0.3, -0.25) is 14.8 Å². The normalized spacial score (nSPS) is 11.7. The Hall–Kier alpha value is -2.78. The van der Waals surface area contributed by atoms with Gasteiger partial charge in [0, 0.05) is 32.4 Å². The summed E-state index contributed by atoms with van der Waals surface area (Å²) < 4.78 is 5.02. The number of carbonyl (C=O) groups excluding carboxylic acids is 2. The second-order valence-corrected chi connectivity index (χ2v) is 6.54. The average Bonchev–Trinajstić information content (AvgIpc) is 2.77. The molecule has 0 fully saturated rings. The highest BCUT2D eigenvalue weighted by Gasteiger charge is 2.19. The van der Waals surface area contributed by atoms with Gasteiger partial charge in [0.05, 0.1) is 0 Å². The summed E-state index contributed by atoms with van der Waals surface area (Å²) in [5.41, 5.74) is 10.5. The van der Waals surface area contributed by atoms with Crippen molar-refractivity contribution in [1.82, 2.24) is 16.1 Å². The Morgan fingerprint density at radius 2 is 1.69 bits per heavy atom. The smallest absolute Gasteiger partial charge is 0.267 e. The molecule has 0 aliphatic carbocycles. The van der Waals surface area contributed by atoms with Crippen molar-refractivity contribution in [3.63, 3.8) is 0 Å². The largest absolute Gasteiger partial charge is 0.385 e. The van der Waals surface area contributed by atoms with Gasteiger partial charge in [-0.2, -0.15) is 0 Å². The molecule has 2 aromatic carbocycles. The lowest BCUT2D eigenvalue weighted by molar-refractivity contribution is -0.130. The number of hydrogen-bond donors (Lipinski definition) is 5. The molecule has 0 aromatic heterocycles. The standard InChI is InChI=1S/C21H28N4O4/c1-29-12-2-11-23-14-15-3-5-16(6-4-15)17-7-9-18(10-8-17)20(26)24-19(13-22)21(27)25-28/h3-10,19,23,28H,2,11-14,22H2,1H3,(H,24,26)(H,25,27)/t19-/m0/s1. The van der Waals surface area contributed by atoms with Gasteiger partial charge >= 0.3 is 0 Å². The third-order valence-corrected chi connectivity index (χ3v) is 4.43. The maximum Gasteiger partial charge on any atom is 0.267 e. The number of carbonyl (C=O) groups is 2. The van der Waals surface area contributed by atoms with Crippen LogP contribution in [0.25, 0.3) is 11.1 Å². The second kappa shape index (κ2) is 11.9. The van der Waals surface area contributed by atoms with E-state index in [9.17, 15) is 9.59 Å². The van der Waals surface area contributed by atoms with E-state index < -0.39 is 17.9 Å². The lowest BCUT2D eigenvalue weighted by Crippen LogP contribution is -2.50. The second-order valence-electron chi connectivity index (χ2n) is 6.54. The Bertz CT molecular complexity index is 778. The van der Waals surface area contributed by atoms with Crippen LogP contribution < -0.4 is 21.8 Å². The fourth-order valence-electron chi connectivity index (χ4n) is 2.75. The van der Waals surface area contributed by atoms with Crippen LogP contribution in [0.3, 0.4) is 0 Å². The van der Waals surface area contributed by atoms with E-state index in [1.807, 2.05) is 24.3 Å². The molecule has 0 bridgehead atoms. The number of methoxy groups -OCH3 is 1. The third kappa shape index (κ3) is 6.95. The van der Waals surface area contributed by atoms with E-state index in [0.717, 1.165) is 37.2 Å². The molecular formula is C21H28N4O4. The number of rotatable bonds is 11. The molecule has 29 heavy (non-hydrogen) atoms. The minimum Gasteiger partial charge on any atom is -0.385 e. The van der Waals surface area contributed by atoms with Crippen molar-refractivity contribution in [3.8, 4) is 11.1 Å². The van der Waals surface area contributed by atoms with Crippen molar-refractivity contribution < 1.29 is 19.5 Å². The van der Waals surface area contributed by atoms with E-state index >= 15 is 0 Å². The Morgan fingerprint density at radius 3 is 2.24 bits per heavy atom. The molecule has 0 saturated heterocycles.